The lowest BCUT2D eigenvalue weighted by atomic mass is 9.79. The predicted molar refractivity (Wildman–Crippen MR) is 173 cm³/mol. The molecule has 1 aliphatic heterocycles. The molecule has 4 N–H and O–H groups in total. The number of fused-ring (bicyclic) bond motifs is 1. The van der Waals surface area contributed by atoms with E-state index in [0.29, 0.717) is 35.9 Å². The molecular weight excluding hydrogens is 548 g/mol. The van der Waals surface area contributed by atoms with Gasteiger partial charge < -0.3 is 25.7 Å². The van der Waals surface area contributed by atoms with Crippen LogP contribution in [-0.2, 0) is 6.61 Å². The molecule has 2 fully saturated rings. The lowest BCUT2D eigenvalue weighted by Gasteiger charge is -2.42. The maximum absolute atomic E-state index is 12.0. The van der Waals surface area contributed by atoms with Gasteiger partial charge in [-0.1, -0.05) is 60.7 Å². The molecule has 3 heterocycles. The van der Waals surface area contributed by atoms with Crippen LogP contribution in [0, 0.1) is 5.92 Å². The topological polar surface area (TPSA) is 112 Å². The van der Waals surface area contributed by atoms with Crippen molar-refractivity contribution in [3.05, 3.63) is 108 Å². The molecule has 8 heteroatoms. The summed E-state index contributed by atoms with van der Waals surface area (Å²) in [7, 11) is 0. The quantitative estimate of drug-likeness (QED) is 0.213. The molecule has 5 aromatic rings. The summed E-state index contributed by atoms with van der Waals surface area (Å²) in [6.07, 6.45) is 8.16. The molecule has 3 aromatic carbocycles. The van der Waals surface area contributed by atoms with Crippen LogP contribution in [0.3, 0.4) is 0 Å². The summed E-state index contributed by atoms with van der Waals surface area (Å²) in [5, 5.41) is 0.892. The Bertz CT molecular complexity index is 1780. The van der Waals surface area contributed by atoms with Crippen LogP contribution in [0.1, 0.15) is 59.1 Å². The average molecular weight is 587 g/mol. The molecule has 0 radical (unpaired) electrons. The molecule has 224 valence electrons. The highest BCUT2D eigenvalue weighted by molar-refractivity contribution is 6.00. The van der Waals surface area contributed by atoms with Crippen LogP contribution in [0.15, 0.2) is 91.4 Å². The Morgan fingerprint density at radius 1 is 0.977 bits per heavy atom. The van der Waals surface area contributed by atoms with E-state index >= 15 is 0 Å². The maximum Gasteiger partial charge on any atom is 0.248 e. The van der Waals surface area contributed by atoms with Crippen LogP contribution in [0.4, 0.5) is 5.82 Å². The van der Waals surface area contributed by atoms with Gasteiger partial charge in [-0.2, -0.15) is 0 Å². The summed E-state index contributed by atoms with van der Waals surface area (Å²) in [6, 6.07) is 26.5. The Labute approximate surface area is 257 Å². The number of hydrogen-bond donors (Lipinski definition) is 2. The van der Waals surface area contributed by atoms with Gasteiger partial charge in [-0.05, 0) is 79.0 Å². The second kappa shape index (κ2) is 12.1. The number of carbonyl (C=O) groups is 1. The lowest BCUT2D eigenvalue weighted by molar-refractivity contribution is 0.0992. The van der Waals surface area contributed by atoms with Crippen molar-refractivity contribution in [2.24, 2.45) is 11.7 Å². The van der Waals surface area contributed by atoms with Gasteiger partial charge in [0.05, 0.1) is 5.39 Å². The first-order valence-corrected chi connectivity index (χ1v) is 15.5. The number of aromatic nitrogens is 3. The van der Waals surface area contributed by atoms with Crippen molar-refractivity contribution >= 4 is 22.8 Å². The largest absolute Gasteiger partial charge is 0.489 e. The van der Waals surface area contributed by atoms with E-state index in [9.17, 15) is 4.79 Å². The first-order valence-electron chi connectivity index (χ1n) is 15.5. The van der Waals surface area contributed by atoms with Crippen LogP contribution >= 0.6 is 0 Å². The third kappa shape index (κ3) is 5.65. The number of hydrogen-bond acceptors (Lipinski definition) is 6. The van der Waals surface area contributed by atoms with Crippen molar-refractivity contribution in [2.45, 2.75) is 44.2 Å². The monoisotopic (exact) mass is 586 g/mol. The van der Waals surface area contributed by atoms with Crippen molar-refractivity contribution < 1.29 is 9.53 Å². The molecule has 1 amide bonds. The minimum atomic E-state index is -0.339. The zero-order valence-electron chi connectivity index (χ0n) is 24.8. The van der Waals surface area contributed by atoms with Gasteiger partial charge in [-0.3, -0.25) is 4.79 Å². The number of piperidine rings is 1. The van der Waals surface area contributed by atoms with Crippen molar-refractivity contribution in [3.8, 4) is 16.9 Å². The number of nitrogens with two attached hydrogens (primary N) is 2. The molecule has 1 saturated carbocycles. The van der Waals surface area contributed by atoms with Crippen LogP contribution in [-0.4, -0.2) is 45.0 Å². The molecule has 0 spiro atoms. The average Bonchev–Trinajstić information content (AvgIpc) is 3.43. The summed E-state index contributed by atoms with van der Waals surface area (Å²) >= 11 is 0. The number of amides is 1. The van der Waals surface area contributed by atoms with E-state index in [1.807, 2.05) is 48.5 Å². The number of anilines is 1. The van der Waals surface area contributed by atoms with E-state index in [1.54, 1.807) is 6.33 Å². The molecule has 1 aliphatic carbocycles. The Kier molecular flexibility index (Phi) is 7.75. The van der Waals surface area contributed by atoms with E-state index in [1.165, 1.54) is 0 Å². The minimum absolute atomic E-state index is 0.339. The molecule has 1 atom stereocenters. The standard InChI is InChI=1S/C36H38N6O2/c37-34-33-32(26-10-6-12-29(18-26)44-22-24-8-2-1-3-9-24)21-42(36(33)40-23-39-34)28-16-25(17-28)19-41-15-7-11-27(20-41)30-13-4-5-14-31(30)35(38)43/h1-6,8-10,12-14,18,21,23,25,27-28H,7,11,15-17,19-20,22H2,(H2,38,43)(H2,37,39,40). The molecule has 1 unspecified atom stereocenters. The Hall–Kier alpha value is -4.69. The van der Waals surface area contributed by atoms with E-state index < -0.39 is 0 Å². The first-order chi connectivity index (χ1) is 21.5. The van der Waals surface area contributed by atoms with Gasteiger partial charge in [-0.15, -0.1) is 0 Å². The van der Waals surface area contributed by atoms with E-state index in [4.69, 9.17) is 16.2 Å². The number of nitrogens with zero attached hydrogens (tertiary/aromatic N) is 4. The molecular formula is C36H38N6O2. The van der Waals surface area contributed by atoms with Crippen molar-refractivity contribution in [2.75, 3.05) is 25.4 Å². The van der Waals surface area contributed by atoms with E-state index in [2.05, 4.69) is 56.0 Å². The third-order valence-electron chi connectivity index (χ3n) is 9.32. The zero-order chi connectivity index (χ0) is 30.0. The van der Waals surface area contributed by atoms with Gasteiger partial charge in [0.15, 0.2) is 0 Å². The fourth-order valence-corrected chi connectivity index (χ4v) is 7.09. The summed E-state index contributed by atoms with van der Waals surface area (Å²) in [5.41, 5.74) is 18.0. The Balaban J connectivity index is 1.05. The van der Waals surface area contributed by atoms with Crippen molar-refractivity contribution in [1.29, 1.82) is 0 Å². The number of benzene rings is 3. The number of ether oxygens (including phenoxy) is 1. The van der Waals surface area contributed by atoms with Gasteiger partial charge in [0, 0.05) is 36.5 Å². The number of nitrogen functional groups attached to an aromatic ring is 1. The van der Waals surface area contributed by atoms with Crippen LogP contribution < -0.4 is 16.2 Å². The highest BCUT2D eigenvalue weighted by Crippen LogP contribution is 2.44. The Morgan fingerprint density at radius 2 is 1.80 bits per heavy atom. The predicted octanol–water partition coefficient (Wildman–Crippen LogP) is 6.19. The zero-order valence-corrected chi connectivity index (χ0v) is 24.8. The molecule has 2 aromatic heterocycles. The SMILES string of the molecule is NC(=O)c1ccccc1C1CCCN(CC2CC(n3cc(-c4cccc(OCc5ccccc5)c4)c4c(N)ncnc43)C2)C1. The van der Waals surface area contributed by atoms with Gasteiger partial charge in [0.2, 0.25) is 5.91 Å². The fraction of sp³-hybridized carbons (Fsp3) is 0.306. The molecule has 0 bridgehead atoms. The number of primary amides is 1. The summed E-state index contributed by atoms with van der Waals surface area (Å²) < 4.78 is 8.43. The Morgan fingerprint density at radius 3 is 2.64 bits per heavy atom. The normalized spacial score (nSPS) is 20.3. The van der Waals surface area contributed by atoms with Gasteiger partial charge in [0.25, 0.3) is 0 Å². The second-order valence-electron chi connectivity index (χ2n) is 12.3. The molecule has 1 saturated heterocycles. The number of likely N-dealkylation sites (tertiary alicyclic amines) is 1. The first kappa shape index (κ1) is 28.1. The third-order valence-corrected chi connectivity index (χ3v) is 9.32. The molecule has 44 heavy (non-hydrogen) atoms. The smallest absolute Gasteiger partial charge is 0.248 e. The van der Waals surface area contributed by atoms with Gasteiger partial charge in [-0.25, -0.2) is 9.97 Å². The molecule has 7 rings (SSSR count). The van der Waals surface area contributed by atoms with Gasteiger partial charge >= 0.3 is 0 Å². The minimum Gasteiger partial charge on any atom is -0.489 e. The van der Waals surface area contributed by atoms with Crippen molar-refractivity contribution in [1.82, 2.24) is 19.4 Å². The van der Waals surface area contributed by atoms with Crippen LogP contribution in [0.5, 0.6) is 5.75 Å². The van der Waals surface area contributed by atoms with Crippen LogP contribution in [0.2, 0.25) is 0 Å². The van der Waals surface area contributed by atoms with E-state index in [0.717, 1.165) is 84.4 Å². The second-order valence-corrected chi connectivity index (χ2v) is 12.3. The maximum atomic E-state index is 12.0. The number of rotatable bonds is 9. The summed E-state index contributed by atoms with van der Waals surface area (Å²) in [4.78, 5) is 23.6. The summed E-state index contributed by atoms with van der Waals surface area (Å²) in [6.45, 7) is 3.64. The van der Waals surface area contributed by atoms with Gasteiger partial charge in [0.1, 0.15) is 30.1 Å². The van der Waals surface area contributed by atoms with E-state index in [-0.39, 0.29) is 5.91 Å². The fourth-order valence-electron chi connectivity index (χ4n) is 7.09. The van der Waals surface area contributed by atoms with Crippen molar-refractivity contribution in [3.63, 3.8) is 0 Å². The molecule has 8 nitrogen and oxygen atoms in total. The highest BCUT2D eigenvalue weighted by atomic mass is 16.5. The van der Waals surface area contributed by atoms with Crippen LogP contribution in [0.25, 0.3) is 22.2 Å². The summed E-state index contributed by atoms with van der Waals surface area (Å²) in [5.74, 6) is 1.91. The molecule has 2 aliphatic rings. The number of carbonyl (C=O) groups excluding carboxylic acids is 1. The lowest BCUT2D eigenvalue weighted by Crippen LogP contribution is -2.42. The highest BCUT2D eigenvalue weighted by Gasteiger charge is 2.35.